The number of carbonyl (C=O) groups is 2. The number of hydrogen-bond donors (Lipinski definition) is 2. The maximum Gasteiger partial charge on any atom is 0.335 e. The lowest BCUT2D eigenvalue weighted by molar-refractivity contribution is -0.145. The molecule has 0 bridgehead atoms. The van der Waals surface area contributed by atoms with Gasteiger partial charge >= 0.3 is 11.9 Å². The first kappa shape index (κ1) is 40.7. The Bertz CT molecular complexity index is 1130. The minimum atomic E-state index is -0.633. The van der Waals surface area contributed by atoms with Gasteiger partial charge in [0, 0.05) is 5.92 Å². The van der Waals surface area contributed by atoms with Crippen LogP contribution in [0.1, 0.15) is 122 Å². The maximum absolute atomic E-state index is 12.1. The van der Waals surface area contributed by atoms with Gasteiger partial charge in [-0.05, 0) is 92.1 Å². The molecular weight excluding hydrogens is 612 g/mol. The molecule has 0 spiro atoms. The number of aliphatic hydroxyl groups is 2. The van der Waals surface area contributed by atoms with E-state index < -0.39 is 25.2 Å². The minimum absolute atomic E-state index is 0.00402. The van der Waals surface area contributed by atoms with E-state index in [4.69, 9.17) is 9.47 Å². The molecule has 0 saturated heterocycles. The van der Waals surface area contributed by atoms with Crippen LogP contribution in [-0.2, 0) is 19.1 Å². The van der Waals surface area contributed by atoms with E-state index in [-0.39, 0.29) is 30.3 Å². The second-order valence-electron chi connectivity index (χ2n) is 15.3. The minimum Gasteiger partial charge on any atom is -0.462 e. The zero-order chi connectivity index (χ0) is 35.6. The third-order valence-corrected chi connectivity index (χ3v) is 11.5. The van der Waals surface area contributed by atoms with Gasteiger partial charge in [0.25, 0.3) is 0 Å². The van der Waals surface area contributed by atoms with Gasteiger partial charge in [-0.15, -0.1) is 0 Å². The van der Waals surface area contributed by atoms with E-state index >= 15 is 0 Å². The molecule has 0 aliphatic heterocycles. The first-order chi connectivity index (χ1) is 23.6. The van der Waals surface area contributed by atoms with Crippen molar-refractivity contribution < 1.29 is 29.3 Å². The summed E-state index contributed by atoms with van der Waals surface area (Å²) in [5, 5.41) is 18.3. The molecule has 0 heterocycles. The molecule has 3 aliphatic rings. The van der Waals surface area contributed by atoms with Gasteiger partial charge in [-0.25, -0.2) is 9.59 Å². The predicted octanol–water partition coefficient (Wildman–Crippen LogP) is 9.54. The van der Waals surface area contributed by atoms with Crippen LogP contribution in [0.25, 0.3) is 0 Å². The van der Waals surface area contributed by atoms with Gasteiger partial charge < -0.3 is 19.7 Å². The van der Waals surface area contributed by atoms with Crippen LogP contribution >= 0.6 is 0 Å². The summed E-state index contributed by atoms with van der Waals surface area (Å²) >= 11 is 0. The zero-order valence-corrected chi connectivity index (χ0v) is 30.6. The van der Waals surface area contributed by atoms with Gasteiger partial charge in [0.1, 0.15) is 0 Å². The highest BCUT2D eigenvalue weighted by Gasteiger charge is 2.30. The number of esters is 2. The van der Waals surface area contributed by atoms with Crippen molar-refractivity contribution in [3.8, 4) is 0 Å². The van der Waals surface area contributed by atoms with Crippen molar-refractivity contribution in [2.24, 2.45) is 35.5 Å². The molecule has 0 aromatic carbocycles. The molecule has 2 saturated carbocycles. The van der Waals surface area contributed by atoms with Crippen molar-refractivity contribution in [3.63, 3.8) is 0 Å². The molecular formula is C43H66O6. The van der Waals surface area contributed by atoms with Crippen molar-refractivity contribution in [1.82, 2.24) is 0 Å². The fourth-order valence-electron chi connectivity index (χ4n) is 8.14. The Kier molecular flexibility index (Phi) is 18.4. The van der Waals surface area contributed by atoms with Crippen LogP contribution in [0.4, 0.5) is 0 Å². The predicted molar refractivity (Wildman–Crippen MR) is 200 cm³/mol. The summed E-state index contributed by atoms with van der Waals surface area (Å²) in [6, 6.07) is 0. The molecule has 0 aromatic heterocycles. The van der Waals surface area contributed by atoms with E-state index in [1.54, 1.807) is 0 Å². The van der Waals surface area contributed by atoms with Gasteiger partial charge in [0.15, 0.2) is 0 Å². The number of rotatable bonds is 21. The molecule has 1 atom stereocenters. The Morgan fingerprint density at radius 3 is 1.84 bits per heavy atom. The Balaban J connectivity index is 1.34. The third kappa shape index (κ3) is 14.6. The summed E-state index contributed by atoms with van der Waals surface area (Å²) in [7, 11) is 0. The van der Waals surface area contributed by atoms with Crippen LogP contribution < -0.4 is 0 Å². The van der Waals surface area contributed by atoms with Crippen LogP contribution in [0.3, 0.4) is 0 Å². The Hall–Kier alpha value is -2.70. The highest BCUT2D eigenvalue weighted by Crippen LogP contribution is 2.43. The first-order valence-electron chi connectivity index (χ1n) is 19.3. The van der Waals surface area contributed by atoms with E-state index in [0.29, 0.717) is 5.92 Å². The molecule has 2 fully saturated rings. The topological polar surface area (TPSA) is 93.1 Å². The highest BCUT2D eigenvalue weighted by atomic mass is 16.5. The standard InChI is InChI=1S/C43H66O6/c1-6-7-8-9-31(2)10-11-32(3)39-22-24-41(25-23-39)40-20-18-36(19-21-40)13-12-35-14-16-37(17-15-35)26-38(29-48-42(46)33(4)27-44)30-49-43(47)34(5)28-45/h10-11,22,35-38,40-41,44-45H,2-9,12-21,23-30H2,1H3/b11-10-. The molecule has 6 nitrogen and oxygen atoms in total. The lowest BCUT2D eigenvalue weighted by Gasteiger charge is -2.36. The smallest absolute Gasteiger partial charge is 0.335 e. The lowest BCUT2D eigenvalue weighted by atomic mass is 9.69. The number of allylic oxidation sites excluding steroid dienone is 6. The number of ether oxygens (including phenoxy) is 2. The van der Waals surface area contributed by atoms with Crippen molar-refractivity contribution in [1.29, 1.82) is 0 Å². The Morgan fingerprint density at radius 2 is 1.33 bits per heavy atom. The second-order valence-corrected chi connectivity index (χ2v) is 15.3. The quantitative estimate of drug-likeness (QED) is 0.0544. The molecule has 49 heavy (non-hydrogen) atoms. The number of aliphatic hydroxyl groups excluding tert-OH is 2. The zero-order valence-electron chi connectivity index (χ0n) is 30.6. The summed E-state index contributed by atoms with van der Waals surface area (Å²) in [5.74, 6) is 2.42. The summed E-state index contributed by atoms with van der Waals surface area (Å²) in [6.07, 6.45) is 29.1. The summed E-state index contributed by atoms with van der Waals surface area (Å²) in [6.45, 7) is 17.2. The van der Waals surface area contributed by atoms with Crippen LogP contribution in [0.2, 0.25) is 0 Å². The fourth-order valence-corrected chi connectivity index (χ4v) is 8.14. The lowest BCUT2D eigenvalue weighted by Crippen LogP contribution is -2.26. The first-order valence-corrected chi connectivity index (χ1v) is 19.3. The monoisotopic (exact) mass is 678 g/mol. The Morgan fingerprint density at radius 1 is 0.776 bits per heavy atom. The molecule has 3 aliphatic carbocycles. The van der Waals surface area contributed by atoms with Gasteiger partial charge in [0.05, 0.1) is 37.6 Å². The highest BCUT2D eigenvalue weighted by molar-refractivity contribution is 5.88. The molecule has 0 aromatic rings. The molecule has 274 valence electrons. The van der Waals surface area contributed by atoms with E-state index in [1.807, 2.05) is 0 Å². The molecule has 6 heteroatoms. The van der Waals surface area contributed by atoms with Crippen molar-refractivity contribution in [3.05, 3.63) is 72.4 Å². The van der Waals surface area contributed by atoms with E-state index in [9.17, 15) is 19.8 Å². The van der Waals surface area contributed by atoms with E-state index in [2.05, 4.69) is 51.5 Å². The summed E-state index contributed by atoms with van der Waals surface area (Å²) in [5.41, 5.74) is 3.83. The summed E-state index contributed by atoms with van der Waals surface area (Å²) < 4.78 is 10.7. The van der Waals surface area contributed by atoms with Gasteiger partial charge in [-0.3, -0.25) is 0 Å². The SMILES string of the molecule is C=C(/C=C\C(=C)C1=CCC(C2CCC(CCC3CCC(CC(COC(=O)C(=C)CO)COC(=O)C(=C)CO)CC3)CC2)CC1)CCCCC. The van der Waals surface area contributed by atoms with Crippen LogP contribution in [0.15, 0.2) is 72.4 Å². The number of unbranched alkanes of at least 4 members (excludes halogenated alkanes) is 2. The van der Waals surface area contributed by atoms with Gasteiger partial charge in [0.2, 0.25) is 0 Å². The maximum atomic E-state index is 12.1. The normalized spacial score (nSPS) is 24.3. The van der Waals surface area contributed by atoms with Crippen LogP contribution in [-0.4, -0.2) is 48.6 Å². The molecule has 0 amide bonds. The number of carbonyl (C=O) groups excluding carboxylic acids is 2. The van der Waals surface area contributed by atoms with E-state index in [0.717, 1.165) is 55.8 Å². The largest absolute Gasteiger partial charge is 0.462 e. The molecule has 3 rings (SSSR count). The van der Waals surface area contributed by atoms with Gasteiger partial charge in [-0.1, -0.05) is 121 Å². The average Bonchev–Trinajstić information content (AvgIpc) is 3.13. The second kappa shape index (κ2) is 22.2. The Labute approximate surface area is 297 Å². The summed E-state index contributed by atoms with van der Waals surface area (Å²) in [4.78, 5) is 24.1. The van der Waals surface area contributed by atoms with Crippen LogP contribution in [0, 0.1) is 35.5 Å². The molecule has 0 radical (unpaired) electrons. The van der Waals surface area contributed by atoms with Crippen molar-refractivity contribution in [2.75, 3.05) is 26.4 Å². The van der Waals surface area contributed by atoms with Crippen molar-refractivity contribution >= 4 is 11.9 Å². The number of hydrogen-bond acceptors (Lipinski definition) is 6. The molecule has 2 N–H and O–H groups in total. The third-order valence-electron chi connectivity index (χ3n) is 11.5. The van der Waals surface area contributed by atoms with Gasteiger partial charge in [-0.2, -0.15) is 0 Å². The molecule has 1 unspecified atom stereocenters. The van der Waals surface area contributed by atoms with Crippen molar-refractivity contribution in [2.45, 2.75) is 122 Å². The van der Waals surface area contributed by atoms with Crippen LogP contribution in [0.5, 0.6) is 0 Å². The van der Waals surface area contributed by atoms with E-state index in [1.165, 1.54) is 100 Å². The fraction of sp³-hybridized carbons (Fsp3) is 0.674. The average molecular weight is 679 g/mol.